The Hall–Kier alpha value is -0.770. The van der Waals surface area contributed by atoms with Gasteiger partial charge in [-0.1, -0.05) is 15.9 Å². The average Bonchev–Trinajstić information content (AvgIpc) is 2.21. The van der Waals surface area contributed by atoms with E-state index in [2.05, 4.69) is 30.1 Å². The first-order chi connectivity index (χ1) is 8.28. The van der Waals surface area contributed by atoms with E-state index in [9.17, 15) is 12.8 Å². The van der Waals surface area contributed by atoms with Crippen LogP contribution in [0.1, 0.15) is 0 Å². The fourth-order valence-corrected chi connectivity index (χ4v) is 1.69. The summed E-state index contributed by atoms with van der Waals surface area (Å²) >= 11 is 3.15. The molecule has 9 heteroatoms. The van der Waals surface area contributed by atoms with Crippen molar-refractivity contribution in [3.05, 3.63) is 22.6 Å². The maximum absolute atomic E-state index is 13.0. The van der Waals surface area contributed by atoms with Crippen molar-refractivity contribution in [2.75, 3.05) is 31.4 Å². The summed E-state index contributed by atoms with van der Waals surface area (Å²) in [7, 11) is -1.96. The molecule has 0 spiro atoms. The second-order valence-corrected chi connectivity index (χ2v) is 5.94. The molecule has 0 amide bonds. The number of anilines is 1. The van der Waals surface area contributed by atoms with E-state index in [4.69, 9.17) is 0 Å². The smallest absolute Gasteiger partial charge is 0.290 e. The largest absolute Gasteiger partial charge is 0.357 e. The van der Waals surface area contributed by atoms with E-state index in [-0.39, 0.29) is 6.61 Å². The van der Waals surface area contributed by atoms with Crippen LogP contribution in [0.4, 0.5) is 10.2 Å². The predicted octanol–water partition coefficient (Wildman–Crippen LogP) is 1.33. The van der Waals surface area contributed by atoms with E-state index >= 15 is 0 Å². The van der Waals surface area contributed by atoms with Gasteiger partial charge in [0.2, 0.25) is 5.95 Å². The monoisotopic (exact) mass is 342 g/mol. The summed E-state index contributed by atoms with van der Waals surface area (Å²) in [6, 6.07) is 2.86. The van der Waals surface area contributed by atoms with Crippen LogP contribution < -0.4 is 4.90 Å². The molecule has 0 fully saturated rings. The maximum atomic E-state index is 13.0. The number of pyridine rings is 1. The number of rotatable bonds is 6. The molecule has 0 aliphatic carbocycles. The summed E-state index contributed by atoms with van der Waals surface area (Å²) in [6.07, 6.45) is 0.877. The molecule has 0 N–H and O–H groups in total. The van der Waals surface area contributed by atoms with Crippen molar-refractivity contribution in [1.29, 1.82) is 0 Å². The molecule has 0 aromatic carbocycles. The lowest BCUT2D eigenvalue weighted by Gasteiger charge is -2.17. The highest BCUT2D eigenvalue weighted by Crippen LogP contribution is 2.17. The highest BCUT2D eigenvalue weighted by atomic mass is 79.9. The van der Waals surface area contributed by atoms with Crippen molar-refractivity contribution < 1.29 is 22.0 Å². The minimum Gasteiger partial charge on any atom is -0.357 e. The Morgan fingerprint density at radius 2 is 2.17 bits per heavy atom. The Morgan fingerprint density at radius 3 is 2.72 bits per heavy atom. The van der Waals surface area contributed by atoms with Gasteiger partial charge in [-0.05, 0) is 6.07 Å². The van der Waals surface area contributed by atoms with Gasteiger partial charge in [0, 0.05) is 24.1 Å². The van der Waals surface area contributed by atoms with Gasteiger partial charge < -0.3 is 4.90 Å². The fraction of sp³-hybridized carbons (Fsp3) is 0.444. The summed E-state index contributed by atoms with van der Waals surface area (Å²) in [5, 5.41) is 0. The van der Waals surface area contributed by atoms with Crippen molar-refractivity contribution in [2.45, 2.75) is 0 Å². The lowest BCUT2D eigenvalue weighted by Crippen LogP contribution is -2.24. The van der Waals surface area contributed by atoms with Crippen LogP contribution in [0.25, 0.3) is 0 Å². The normalized spacial score (nSPS) is 11.6. The molecule has 1 heterocycles. The standard InChI is InChI=1S/C9H12BrFN2O4S/c1-13(3-4-16-17-18(2,14)15)9-6-7(10)5-8(11)12-9/h5-6H,3-4H2,1-2H3. The third-order valence-corrected chi connectivity index (χ3v) is 2.62. The minimum atomic E-state index is -3.62. The summed E-state index contributed by atoms with van der Waals surface area (Å²) in [4.78, 5) is 9.76. The maximum Gasteiger partial charge on any atom is 0.290 e. The molecule has 1 rings (SSSR count). The summed E-state index contributed by atoms with van der Waals surface area (Å²) in [6.45, 7) is 0.289. The molecule has 1 aromatic rings. The molecular formula is C9H12BrFN2O4S. The van der Waals surface area contributed by atoms with Gasteiger partial charge in [0.1, 0.15) is 12.4 Å². The van der Waals surface area contributed by atoms with Gasteiger partial charge in [-0.25, -0.2) is 9.87 Å². The molecule has 1 aromatic heterocycles. The van der Waals surface area contributed by atoms with E-state index in [0.29, 0.717) is 16.8 Å². The molecule has 0 bridgehead atoms. The Labute approximate surface area is 113 Å². The molecular weight excluding hydrogens is 331 g/mol. The fourth-order valence-electron chi connectivity index (χ4n) is 1.06. The number of hydrogen-bond acceptors (Lipinski definition) is 6. The lowest BCUT2D eigenvalue weighted by atomic mass is 10.4. The van der Waals surface area contributed by atoms with Gasteiger partial charge >= 0.3 is 0 Å². The van der Waals surface area contributed by atoms with Crippen LogP contribution >= 0.6 is 15.9 Å². The lowest BCUT2D eigenvalue weighted by molar-refractivity contribution is -0.197. The molecule has 0 aliphatic heterocycles. The SMILES string of the molecule is CN(CCOOS(C)(=O)=O)c1cc(Br)cc(F)n1. The minimum absolute atomic E-state index is 0.000613. The number of aromatic nitrogens is 1. The third-order valence-electron chi connectivity index (χ3n) is 1.82. The predicted molar refractivity (Wildman–Crippen MR) is 67.0 cm³/mol. The Balaban J connectivity index is 2.48. The molecule has 102 valence electrons. The van der Waals surface area contributed by atoms with Gasteiger partial charge in [-0.15, -0.1) is 4.33 Å². The van der Waals surface area contributed by atoms with Crippen LogP contribution in [-0.4, -0.2) is 39.9 Å². The third kappa shape index (κ3) is 5.71. The van der Waals surface area contributed by atoms with Crippen LogP contribution in [0.2, 0.25) is 0 Å². The van der Waals surface area contributed by atoms with Crippen LogP contribution in [0, 0.1) is 5.95 Å². The summed E-state index contributed by atoms with van der Waals surface area (Å²) < 4.78 is 38.9. The van der Waals surface area contributed by atoms with E-state index in [1.54, 1.807) is 18.0 Å². The Morgan fingerprint density at radius 1 is 1.50 bits per heavy atom. The molecule has 0 radical (unpaired) electrons. The Kier molecular flexibility index (Phi) is 5.45. The number of halogens is 2. The van der Waals surface area contributed by atoms with E-state index < -0.39 is 16.1 Å². The first-order valence-electron chi connectivity index (χ1n) is 4.83. The topological polar surface area (TPSA) is 68.7 Å². The van der Waals surface area contributed by atoms with Gasteiger partial charge in [-0.2, -0.15) is 12.8 Å². The van der Waals surface area contributed by atoms with Crippen molar-refractivity contribution >= 4 is 31.9 Å². The summed E-state index contributed by atoms with van der Waals surface area (Å²) in [5.41, 5.74) is 0. The van der Waals surface area contributed by atoms with Gasteiger partial charge in [-0.3, -0.25) is 0 Å². The van der Waals surface area contributed by atoms with Crippen molar-refractivity contribution in [3.63, 3.8) is 0 Å². The van der Waals surface area contributed by atoms with Crippen molar-refractivity contribution in [2.24, 2.45) is 0 Å². The molecule has 6 nitrogen and oxygen atoms in total. The molecule has 18 heavy (non-hydrogen) atoms. The zero-order valence-electron chi connectivity index (χ0n) is 9.76. The van der Waals surface area contributed by atoms with Crippen LogP contribution in [0.3, 0.4) is 0 Å². The average molecular weight is 343 g/mol. The molecule has 0 saturated carbocycles. The zero-order chi connectivity index (χ0) is 13.8. The van der Waals surface area contributed by atoms with Gasteiger partial charge in [0.15, 0.2) is 0 Å². The van der Waals surface area contributed by atoms with Crippen molar-refractivity contribution in [1.82, 2.24) is 4.98 Å². The van der Waals surface area contributed by atoms with Gasteiger partial charge in [0.25, 0.3) is 10.1 Å². The molecule has 0 atom stereocenters. The molecule has 0 aliphatic rings. The second-order valence-electron chi connectivity index (χ2n) is 3.48. The van der Waals surface area contributed by atoms with E-state index in [0.717, 1.165) is 6.26 Å². The van der Waals surface area contributed by atoms with Crippen LogP contribution in [0.5, 0.6) is 0 Å². The quantitative estimate of drug-likeness (QED) is 0.336. The van der Waals surface area contributed by atoms with E-state index in [1.807, 2.05) is 0 Å². The van der Waals surface area contributed by atoms with E-state index in [1.165, 1.54) is 6.07 Å². The number of likely N-dealkylation sites (N-methyl/N-ethyl adjacent to an activating group) is 1. The number of nitrogens with zero attached hydrogens (tertiary/aromatic N) is 2. The summed E-state index contributed by atoms with van der Waals surface area (Å²) in [5.74, 6) is -0.218. The highest BCUT2D eigenvalue weighted by molar-refractivity contribution is 9.10. The first-order valence-corrected chi connectivity index (χ1v) is 7.44. The van der Waals surface area contributed by atoms with Gasteiger partial charge in [0.05, 0.1) is 6.26 Å². The number of hydrogen-bond donors (Lipinski definition) is 0. The highest BCUT2D eigenvalue weighted by Gasteiger charge is 2.07. The first kappa shape index (κ1) is 15.3. The van der Waals surface area contributed by atoms with Crippen LogP contribution in [-0.2, 0) is 19.3 Å². The second kappa shape index (κ2) is 6.41. The molecule has 0 saturated heterocycles. The zero-order valence-corrected chi connectivity index (χ0v) is 12.2. The Bertz CT molecular complexity index is 491. The van der Waals surface area contributed by atoms with Crippen molar-refractivity contribution in [3.8, 4) is 0 Å². The van der Waals surface area contributed by atoms with Crippen LogP contribution in [0.15, 0.2) is 16.6 Å². The molecule has 0 unspecified atom stereocenters.